The van der Waals surface area contributed by atoms with Crippen LogP contribution in [0, 0.1) is 0 Å². The Balaban J connectivity index is 2.54. The van der Waals surface area contributed by atoms with Gasteiger partial charge in [-0.1, -0.05) is 6.92 Å². The number of hydrogen-bond donors (Lipinski definition) is 1. The van der Waals surface area contributed by atoms with Crippen LogP contribution in [0.3, 0.4) is 0 Å². The summed E-state index contributed by atoms with van der Waals surface area (Å²) in [5, 5.41) is 9.15. The lowest BCUT2D eigenvalue weighted by Crippen LogP contribution is -2.54. The monoisotopic (exact) mass is 265 g/mol. The Morgan fingerprint density at radius 3 is 2.65 bits per heavy atom. The van der Waals surface area contributed by atoms with Gasteiger partial charge in [0, 0.05) is 25.4 Å². The van der Waals surface area contributed by atoms with Crippen molar-refractivity contribution in [1.29, 1.82) is 0 Å². The molecular weight excluding hydrogens is 242 g/mol. The van der Waals surface area contributed by atoms with Gasteiger partial charge in [-0.15, -0.1) is 0 Å². The normalized spacial score (nSPS) is 26.0. The molecular formula is C11H23NO4S. The summed E-state index contributed by atoms with van der Waals surface area (Å²) in [6, 6.07) is 0. The van der Waals surface area contributed by atoms with Gasteiger partial charge in [-0.2, -0.15) is 0 Å². The maximum atomic E-state index is 11.4. The molecule has 1 heterocycles. The largest absolute Gasteiger partial charge is 0.394 e. The van der Waals surface area contributed by atoms with E-state index in [2.05, 4.69) is 4.90 Å². The average molecular weight is 265 g/mol. The first-order valence-corrected chi connectivity index (χ1v) is 7.81. The van der Waals surface area contributed by atoms with Gasteiger partial charge in [-0.05, 0) is 13.8 Å². The van der Waals surface area contributed by atoms with Crippen molar-refractivity contribution in [3.8, 4) is 0 Å². The smallest absolute Gasteiger partial charge is 0.151 e. The van der Waals surface area contributed by atoms with Crippen LogP contribution in [-0.2, 0) is 14.6 Å². The topological polar surface area (TPSA) is 66.8 Å². The summed E-state index contributed by atoms with van der Waals surface area (Å²) in [7, 11) is -2.93. The molecule has 0 radical (unpaired) electrons. The van der Waals surface area contributed by atoms with Crippen LogP contribution in [-0.4, -0.2) is 67.9 Å². The Hall–Kier alpha value is -0.170. The second-order valence-corrected chi connectivity index (χ2v) is 7.63. The minimum atomic E-state index is -2.93. The molecule has 1 saturated heterocycles. The number of aliphatic hydroxyl groups is 1. The number of nitrogens with zero attached hydrogens (tertiary/aromatic N) is 1. The lowest BCUT2D eigenvalue weighted by atomic mass is 10.1. The van der Waals surface area contributed by atoms with Crippen molar-refractivity contribution in [2.24, 2.45) is 0 Å². The van der Waals surface area contributed by atoms with Crippen molar-refractivity contribution in [3.63, 3.8) is 0 Å². The van der Waals surface area contributed by atoms with Gasteiger partial charge in [-0.3, -0.25) is 4.90 Å². The van der Waals surface area contributed by atoms with E-state index in [1.807, 2.05) is 13.8 Å². The third-order valence-corrected chi connectivity index (χ3v) is 4.60. The maximum Gasteiger partial charge on any atom is 0.151 e. The van der Waals surface area contributed by atoms with E-state index < -0.39 is 9.84 Å². The highest BCUT2D eigenvalue weighted by molar-refractivity contribution is 7.91. The van der Waals surface area contributed by atoms with Crippen molar-refractivity contribution in [2.45, 2.75) is 32.5 Å². The minimum Gasteiger partial charge on any atom is -0.394 e. The molecule has 5 nitrogen and oxygen atoms in total. The second-order valence-electron chi connectivity index (χ2n) is 5.15. The molecule has 0 aromatic carbocycles. The fourth-order valence-electron chi connectivity index (χ4n) is 2.09. The fraction of sp³-hybridized carbons (Fsp3) is 1.00. The van der Waals surface area contributed by atoms with Crippen LogP contribution in [0.15, 0.2) is 0 Å². The van der Waals surface area contributed by atoms with Crippen LogP contribution in [0.2, 0.25) is 0 Å². The Morgan fingerprint density at radius 1 is 1.47 bits per heavy atom. The third-order valence-electron chi connectivity index (χ3n) is 2.91. The zero-order valence-corrected chi connectivity index (χ0v) is 11.7. The molecule has 1 unspecified atom stereocenters. The first-order valence-electron chi connectivity index (χ1n) is 5.99. The predicted molar refractivity (Wildman–Crippen MR) is 66.8 cm³/mol. The molecule has 6 heteroatoms. The van der Waals surface area contributed by atoms with E-state index in [9.17, 15) is 8.42 Å². The highest BCUT2D eigenvalue weighted by Crippen LogP contribution is 2.20. The van der Waals surface area contributed by atoms with Crippen molar-refractivity contribution in [2.75, 3.05) is 37.7 Å². The van der Waals surface area contributed by atoms with Crippen LogP contribution in [0.5, 0.6) is 0 Å². The van der Waals surface area contributed by atoms with Gasteiger partial charge < -0.3 is 9.84 Å². The van der Waals surface area contributed by atoms with E-state index in [4.69, 9.17) is 9.84 Å². The van der Waals surface area contributed by atoms with Crippen LogP contribution in [0.1, 0.15) is 20.8 Å². The predicted octanol–water partition coefficient (Wildman–Crippen LogP) is -0.107. The van der Waals surface area contributed by atoms with E-state index in [0.29, 0.717) is 19.6 Å². The number of aliphatic hydroxyl groups excluding tert-OH is 1. The van der Waals surface area contributed by atoms with Crippen LogP contribution in [0.25, 0.3) is 0 Å². The van der Waals surface area contributed by atoms with Crippen LogP contribution < -0.4 is 0 Å². The van der Waals surface area contributed by atoms with Gasteiger partial charge >= 0.3 is 0 Å². The summed E-state index contributed by atoms with van der Waals surface area (Å²) < 4.78 is 28.6. The Bertz CT molecular complexity index is 339. The van der Waals surface area contributed by atoms with Crippen molar-refractivity contribution >= 4 is 9.84 Å². The molecule has 102 valence electrons. The molecule has 0 spiro atoms. The van der Waals surface area contributed by atoms with Gasteiger partial charge in [0.1, 0.15) is 0 Å². The number of ether oxygens (including phenoxy) is 1. The van der Waals surface area contributed by atoms with Crippen molar-refractivity contribution in [1.82, 2.24) is 4.90 Å². The summed E-state index contributed by atoms with van der Waals surface area (Å²) >= 11 is 0. The van der Waals surface area contributed by atoms with Crippen LogP contribution in [0.4, 0.5) is 0 Å². The molecule has 1 aliphatic heterocycles. The molecule has 17 heavy (non-hydrogen) atoms. The summed E-state index contributed by atoms with van der Waals surface area (Å²) in [6.45, 7) is 7.35. The zero-order chi connectivity index (χ0) is 13.1. The minimum absolute atomic E-state index is 0.0273. The Morgan fingerprint density at radius 2 is 2.12 bits per heavy atom. The Labute approximate surface area is 104 Å². The van der Waals surface area contributed by atoms with E-state index in [0.717, 1.165) is 0 Å². The zero-order valence-electron chi connectivity index (χ0n) is 10.8. The van der Waals surface area contributed by atoms with E-state index in [-0.39, 0.29) is 29.8 Å². The van der Waals surface area contributed by atoms with E-state index >= 15 is 0 Å². The van der Waals surface area contributed by atoms with Crippen molar-refractivity contribution < 1.29 is 18.3 Å². The van der Waals surface area contributed by atoms with Gasteiger partial charge in [-0.25, -0.2) is 8.42 Å². The van der Waals surface area contributed by atoms with Gasteiger partial charge in [0.25, 0.3) is 0 Å². The SMILES string of the molecule is CCS(=O)(=O)CCN1CC(CO)OC(C)(C)C1. The first-order chi connectivity index (χ1) is 7.78. The number of sulfone groups is 1. The lowest BCUT2D eigenvalue weighted by molar-refractivity contribution is -0.147. The number of rotatable bonds is 5. The molecule has 1 aliphatic rings. The second kappa shape index (κ2) is 5.65. The Kier molecular flexibility index (Phi) is 4.95. The molecule has 0 amide bonds. The van der Waals surface area contributed by atoms with Gasteiger partial charge in [0.05, 0.1) is 24.1 Å². The standard InChI is InChI=1S/C11H23NO4S/c1-4-17(14,15)6-5-12-7-10(8-13)16-11(2,3)9-12/h10,13H,4-9H2,1-3H3. The first kappa shape index (κ1) is 14.9. The number of morpholine rings is 1. The molecule has 0 saturated carbocycles. The molecule has 1 rings (SSSR count). The molecule has 0 aliphatic carbocycles. The molecule has 0 aromatic rings. The maximum absolute atomic E-state index is 11.4. The highest BCUT2D eigenvalue weighted by atomic mass is 32.2. The summed E-state index contributed by atoms with van der Waals surface area (Å²) in [6.07, 6.45) is -0.219. The summed E-state index contributed by atoms with van der Waals surface area (Å²) in [4.78, 5) is 2.05. The summed E-state index contributed by atoms with van der Waals surface area (Å²) in [5.41, 5.74) is -0.332. The quantitative estimate of drug-likeness (QED) is 0.751. The third kappa shape index (κ3) is 4.91. The van der Waals surface area contributed by atoms with Crippen molar-refractivity contribution in [3.05, 3.63) is 0 Å². The highest BCUT2D eigenvalue weighted by Gasteiger charge is 2.33. The fourth-order valence-corrected chi connectivity index (χ4v) is 2.92. The molecule has 0 aromatic heterocycles. The lowest BCUT2D eigenvalue weighted by Gasteiger charge is -2.42. The van der Waals surface area contributed by atoms with E-state index in [1.54, 1.807) is 6.92 Å². The van der Waals surface area contributed by atoms with Gasteiger partial charge in [0.2, 0.25) is 0 Å². The summed E-state index contributed by atoms with van der Waals surface area (Å²) in [5.74, 6) is 0.363. The molecule has 1 fully saturated rings. The average Bonchev–Trinajstić information content (AvgIpc) is 2.24. The van der Waals surface area contributed by atoms with Crippen LogP contribution >= 0.6 is 0 Å². The van der Waals surface area contributed by atoms with Gasteiger partial charge in [0.15, 0.2) is 9.84 Å². The molecule has 1 N–H and O–H groups in total. The number of hydrogen-bond acceptors (Lipinski definition) is 5. The van der Waals surface area contributed by atoms with E-state index in [1.165, 1.54) is 0 Å². The molecule has 0 bridgehead atoms. The molecule has 1 atom stereocenters.